The minimum Gasteiger partial charge on any atom is -0.462 e. The number of esters is 2. The Morgan fingerprint density at radius 2 is 0.444 bits per heavy atom. The van der Waals surface area contributed by atoms with E-state index in [0.717, 1.165) is 109 Å². The smallest absolute Gasteiger partial charge is 0.306 e. The zero-order chi connectivity index (χ0) is 64.7. The molecule has 0 heterocycles. The monoisotopic (exact) mass is 1250 g/mol. The summed E-state index contributed by atoms with van der Waals surface area (Å²) in [5, 5.41) is 9.73. The average molecular weight is 1250 g/mol. The Kier molecular flexibility index (Phi) is 75.8. The summed E-state index contributed by atoms with van der Waals surface area (Å²) in [6, 6.07) is 0. The van der Waals surface area contributed by atoms with Gasteiger partial charge >= 0.3 is 11.9 Å². The van der Waals surface area contributed by atoms with Gasteiger partial charge < -0.3 is 14.6 Å². The van der Waals surface area contributed by atoms with Gasteiger partial charge in [0.1, 0.15) is 6.61 Å². The topological polar surface area (TPSA) is 72.8 Å². The van der Waals surface area contributed by atoms with E-state index in [2.05, 4.69) is 148 Å². The van der Waals surface area contributed by atoms with Crippen molar-refractivity contribution in [1.82, 2.24) is 0 Å². The Balaban J connectivity index is 3.43. The van der Waals surface area contributed by atoms with Crippen LogP contribution in [-0.4, -0.2) is 36.4 Å². The van der Waals surface area contributed by atoms with Gasteiger partial charge in [-0.25, -0.2) is 0 Å². The number of ether oxygens (including phenoxy) is 2. The van der Waals surface area contributed by atoms with Gasteiger partial charge in [0.15, 0.2) is 6.10 Å². The Bertz CT molecular complexity index is 1800. The molecule has 5 heteroatoms. The molecule has 1 N–H and O–H groups in total. The fourth-order valence-electron chi connectivity index (χ4n) is 11.2. The van der Waals surface area contributed by atoms with Gasteiger partial charge in [0.05, 0.1) is 6.61 Å². The Morgan fingerprint density at radius 3 is 0.667 bits per heavy atom. The van der Waals surface area contributed by atoms with Crippen LogP contribution in [0.15, 0.2) is 134 Å². The SMILES string of the molecule is CC/C=C\C/C=C\C/C=C\C/C=C\C/C=C\C/C=C\C/C=C\CCCCCCCCCCCCCCCC(=O)OC(CO)COC(=O)CCCCCCCCCCCCCCCCCCCCCCCCCCCCCC/C=C\C/C=C\C/C=C\C/C=C\CC. The molecule has 0 spiro atoms. The largest absolute Gasteiger partial charge is 0.462 e. The van der Waals surface area contributed by atoms with E-state index in [0.29, 0.717) is 12.8 Å². The van der Waals surface area contributed by atoms with Crippen molar-refractivity contribution in [1.29, 1.82) is 0 Å². The van der Waals surface area contributed by atoms with E-state index in [1.807, 2.05) is 0 Å². The molecule has 0 bridgehead atoms. The predicted molar refractivity (Wildman–Crippen MR) is 398 cm³/mol. The van der Waals surface area contributed by atoms with E-state index in [9.17, 15) is 14.7 Å². The highest BCUT2D eigenvalue weighted by molar-refractivity contribution is 5.70. The summed E-state index contributed by atoms with van der Waals surface area (Å²) in [4.78, 5) is 24.7. The summed E-state index contributed by atoms with van der Waals surface area (Å²) in [5.74, 6) is -0.579. The van der Waals surface area contributed by atoms with Gasteiger partial charge in [0.25, 0.3) is 0 Å². The van der Waals surface area contributed by atoms with Crippen LogP contribution >= 0.6 is 0 Å². The van der Waals surface area contributed by atoms with Crippen molar-refractivity contribution in [2.24, 2.45) is 0 Å². The molecule has 0 aliphatic carbocycles. The van der Waals surface area contributed by atoms with E-state index in [-0.39, 0.29) is 25.2 Å². The number of aliphatic hydroxyl groups excluding tert-OH is 1. The van der Waals surface area contributed by atoms with E-state index in [1.54, 1.807) is 0 Å². The van der Waals surface area contributed by atoms with Gasteiger partial charge in [-0.05, 0) is 109 Å². The highest BCUT2D eigenvalue weighted by atomic mass is 16.6. The van der Waals surface area contributed by atoms with Crippen LogP contribution in [-0.2, 0) is 19.1 Å². The third-order valence-corrected chi connectivity index (χ3v) is 16.9. The Hall–Kier alpha value is -3.96. The van der Waals surface area contributed by atoms with Crippen molar-refractivity contribution in [3.05, 3.63) is 134 Å². The molecule has 0 saturated carbocycles. The maximum absolute atomic E-state index is 12.4. The van der Waals surface area contributed by atoms with Gasteiger partial charge in [-0.15, -0.1) is 0 Å². The summed E-state index contributed by atoms with van der Waals surface area (Å²) in [7, 11) is 0. The van der Waals surface area contributed by atoms with Crippen LogP contribution in [0.4, 0.5) is 0 Å². The molecule has 0 rings (SSSR count). The van der Waals surface area contributed by atoms with E-state index < -0.39 is 6.10 Å². The van der Waals surface area contributed by atoms with Crippen LogP contribution in [0.3, 0.4) is 0 Å². The molecule has 0 fully saturated rings. The molecular weight excluding hydrogens is 1100 g/mol. The van der Waals surface area contributed by atoms with Gasteiger partial charge in [-0.3, -0.25) is 9.59 Å². The average Bonchev–Trinajstić information content (AvgIpc) is 3.58. The minimum absolute atomic E-state index is 0.0669. The zero-order valence-electron chi connectivity index (χ0n) is 59.4. The van der Waals surface area contributed by atoms with Crippen molar-refractivity contribution in [2.75, 3.05) is 13.2 Å². The first-order chi connectivity index (χ1) is 44.6. The number of allylic oxidation sites excluding steroid dienone is 22. The Morgan fingerprint density at radius 1 is 0.256 bits per heavy atom. The molecule has 90 heavy (non-hydrogen) atoms. The molecule has 1 unspecified atom stereocenters. The summed E-state index contributed by atoms with van der Waals surface area (Å²) < 4.78 is 10.8. The third-order valence-electron chi connectivity index (χ3n) is 16.9. The molecule has 0 amide bonds. The molecule has 1 atom stereocenters. The third kappa shape index (κ3) is 76.5. The zero-order valence-corrected chi connectivity index (χ0v) is 59.4. The number of hydrogen-bond acceptors (Lipinski definition) is 5. The van der Waals surface area contributed by atoms with Crippen LogP contribution in [0.25, 0.3) is 0 Å². The molecule has 516 valence electrons. The lowest BCUT2D eigenvalue weighted by Gasteiger charge is -2.15. The van der Waals surface area contributed by atoms with Crippen molar-refractivity contribution < 1.29 is 24.2 Å². The quantitative estimate of drug-likeness (QED) is 0.0373. The lowest BCUT2D eigenvalue weighted by molar-refractivity contribution is -0.161. The first-order valence-electron chi connectivity index (χ1n) is 38.7. The first kappa shape index (κ1) is 86.0. The number of aliphatic hydroxyl groups is 1. The van der Waals surface area contributed by atoms with Crippen LogP contribution in [0, 0.1) is 0 Å². The van der Waals surface area contributed by atoms with Crippen molar-refractivity contribution in [3.63, 3.8) is 0 Å². The van der Waals surface area contributed by atoms with Crippen molar-refractivity contribution in [3.8, 4) is 0 Å². The second kappa shape index (κ2) is 79.3. The molecular formula is C85H146O5. The number of carbonyl (C=O) groups excluding carboxylic acids is 2. The second-order valence-corrected chi connectivity index (χ2v) is 25.7. The first-order valence-corrected chi connectivity index (χ1v) is 38.7. The number of carbonyl (C=O) groups is 2. The highest BCUT2D eigenvalue weighted by Crippen LogP contribution is 2.19. The standard InChI is InChI=1S/C85H146O5/c1-3-5-7-9-11-13-15-17-19-21-23-25-27-29-31-33-35-37-39-40-41-42-43-44-46-47-49-51-53-55-57-59-61-63-65-67-69-71-73-75-77-79-84(87)89-82-83(81-86)90-85(88)80-78-76-74-72-70-68-66-64-62-60-58-56-54-52-50-48-45-38-36-34-32-30-28-26-24-22-20-18-16-14-12-10-8-6-4-2/h5-8,11-14,17-20,23-26,30,32,36,38,48,50,83,86H,3-4,9-10,15-16,21-22,27-29,31,33-35,37,39-47,49,51-82H2,1-2H3/b7-5-,8-6-,13-11-,14-12-,19-17-,20-18-,25-23-,26-24-,32-30-,38-36-,50-48-. The molecule has 0 aliphatic heterocycles. The molecule has 0 aromatic heterocycles. The molecule has 0 aliphatic rings. The fraction of sp³-hybridized carbons (Fsp3) is 0.718. The number of hydrogen-bond donors (Lipinski definition) is 1. The van der Waals surface area contributed by atoms with Crippen LogP contribution in [0.5, 0.6) is 0 Å². The highest BCUT2D eigenvalue weighted by Gasteiger charge is 2.16. The summed E-state index contributed by atoms with van der Waals surface area (Å²) in [6.07, 6.45) is 118. The molecule has 0 radical (unpaired) electrons. The second-order valence-electron chi connectivity index (χ2n) is 25.7. The Labute approximate surface area is 559 Å². The number of rotatable bonds is 71. The maximum Gasteiger partial charge on any atom is 0.306 e. The van der Waals surface area contributed by atoms with E-state index in [4.69, 9.17) is 9.47 Å². The van der Waals surface area contributed by atoms with Gasteiger partial charge in [0, 0.05) is 12.8 Å². The predicted octanol–water partition coefficient (Wildman–Crippen LogP) is 27.4. The fourth-order valence-corrected chi connectivity index (χ4v) is 11.2. The minimum atomic E-state index is -0.779. The normalized spacial score (nSPS) is 13.0. The van der Waals surface area contributed by atoms with Crippen molar-refractivity contribution in [2.45, 2.75) is 380 Å². The maximum atomic E-state index is 12.4. The molecule has 5 nitrogen and oxygen atoms in total. The summed E-state index contributed by atoms with van der Waals surface area (Å²) >= 11 is 0. The van der Waals surface area contributed by atoms with Gasteiger partial charge in [-0.2, -0.15) is 0 Å². The molecule has 0 aromatic rings. The lowest BCUT2D eigenvalue weighted by atomic mass is 10.0. The number of unbranched alkanes of at least 4 members (excludes halogenated alkanes) is 41. The van der Waals surface area contributed by atoms with Crippen LogP contribution in [0.1, 0.15) is 373 Å². The van der Waals surface area contributed by atoms with E-state index >= 15 is 0 Å². The van der Waals surface area contributed by atoms with E-state index in [1.165, 1.54) is 238 Å². The van der Waals surface area contributed by atoms with Crippen LogP contribution in [0.2, 0.25) is 0 Å². The van der Waals surface area contributed by atoms with Crippen LogP contribution < -0.4 is 0 Å². The van der Waals surface area contributed by atoms with Gasteiger partial charge in [-0.1, -0.05) is 385 Å². The molecule has 0 saturated heterocycles. The summed E-state index contributed by atoms with van der Waals surface area (Å²) in [6.45, 7) is 3.95. The molecule has 0 aromatic carbocycles. The van der Waals surface area contributed by atoms with Gasteiger partial charge in [0.2, 0.25) is 0 Å². The van der Waals surface area contributed by atoms with Crippen molar-refractivity contribution >= 4 is 11.9 Å². The lowest BCUT2D eigenvalue weighted by Crippen LogP contribution is -2.28. The summed E-state index contributed by atoms with van der Waals surface area (Å²) in [5.41, 5.74) is 0.